The van der Waals surface area contributed by atoms with Crippen molar-refractivity contribution in [3.05, 3.63) is 29.6 Å². The van der Waals surface area contributed by atoms with E-state index in [0.717, 1.165) is 0 Å². The van der Waals surface area contributed by atoms with Crippen molar-refractivity contribution in [1.82, 2.24) is 0 Å². The first kappa shape index (κ1) is 12.5. The quantitative estimate of drug-likeness (QED) is 0.740. The average molecular weight is 226 g/mol. The van der Waals surface area contributed by atoms with Crippen LogP contribution in [0.1, 0.15) is 19.4 Å². The molecule has 16 heavy (non-hydrogen) atoms. The first-order chi connectivity index (χ1) is 7.50. The molecule has 0 saturated heterocycles. The number of halogens is 1. The minimum absolute atomic E-state index is 0.0701. The topological polar surface area (TPSA) is 35.5 Å². The third-order valence-corrected chi connectivity index (χ3v) is 1.87. The monoisotopic (exact) mass is 226 g/mol. The molecule has 0 amide bonds. The summed E-state index contributed by atoms with van der Waals surface area (Å²) in [4.78, 5) is 11.2. The van der Waals surface area contributed by atoms with Crippen LogP contribution in [0.25, 0.3) is 0 Å². The predicted octanol–water partition coefficient (Wildman–Crippen LogP) is 2.46. The number of aryl methyl sites for hydroxylation is 1. The second-order valence-electron chi connectivity index (χ2n) is 3.71. The third kappa shape index (κ3) is 3.53. The Morgan fingerprint density at radius 1 is 1.44 bits per heavy atom. The van der Waals surface area contributed by atoms with Crippen LogP contribution in [0.15, 0.2) is 18.2 Å². The van der Waals surface area contributed by atoms with Gasteiger partial charge in [-0.1, -0.05) is 12.1 Å². The molecule has 0 aromatic heterocycles. The summed E-state index contributed by atoms with van der Waals surface area (Å²) in [7, 11) is 0. The summed E-state index contributed by atoms with van der Waals surface area (Å²) in [6, 6.07) is 4.78. The molecule has 0 bridgehead atoms. The largest absolute Gasteiger partial charge is 0.479 e. The first-order valence-electron chi connectivity index (χ1n) is 5.08. The van der Waals surface area contributed by atoms with E-state index < -0.39 is 11.8 Å². The summed E-state index contributed by atoms with van der Waals surface area (Å²) in [6.45, 7) is 4.84. The van der Waals surface area contributed by atoms with Crippen LogP contribution in [0.4, 0.5) is 4.39 Å². The Labute approximate surface area is 94.2 Å². The highest BCUT2D eigenvalue weighted by Gasteiger charge is 2.10. The Hall–Kier alpha value is -1.58. The van der Waals surface area contributed by atoms with Crippen LogP contribution in [-0.2, 0) is 9.53 Å². The molecule has 0 aliphatic carbocycles. The maximum absolute atomic E-state index is 13.4. The van der Waals surface area contributed by atoms with Gasteiger partial charge in [-0.25, -0.2) is 9.18 Å². The van der Waals surface area contributed by atoms with Crippen LogP contribution in [0, 0.1) is 12.7 Å². The smallest absolute Gasteiger partial charge is 0.344 e. The van der Waals surface area contributed by atoms with Gasteiger partial charge in [-0.05, 0) is 32.4 Å². The minimum Gasteiger partial charge on any atom is -0.479 e. The van der Waals surface area contributed by atoms with Gasteiger partial charge in [-0.15, -0.1) is 0 Å². The molecule has 0 heterocycles. The van der Waals surface area contributed by atoms with E-state index >= 15 is 0 Å². The lowest BCUT2D eigenvalue weighted by molar-refractivity contribution is -0.149. The van der Waals surface area contributed by atoms with Crippen molar-refractivity contribution in [3.8, 4) is 5.75 Å². The van der Waals surface area contributed by atoms with Gasteiger partial charge in [-0.3, -0.25) is 0 Å². The number of rotatable bonds is 4. The highest BCUT2D eigenvalue weighted by atomic mass is 19.1. The molecular weight excluding hydrogens is 211 g/mol. The standard InChI is InChI=1S/C12H15FO3/c1-8(2)16-11(14)7-15-10-6-4-5-9(3)12(10)13/h4-6,8H,7H2,1-3H3. The van der Waals surface area contributed by atoms with Gasteiger partial charge >= 0.3 is 5.97 Å². The summed E-state index contributed by atoms with van der Waals surface area (Å²) >= 11 is 0. The van der Waals surface area contributed by atoms with Gasteiger partial charge in [0.1, 0.15) is 0 Å². The van der Waals surface area contributed by atoms with Crippen molar-refractivity contribution in [2.45, 2.75) is 26.9 Å². The lowest BCUT2D eigenvalue weighted by atomic mass is 10.2. The van der Waals surface area contributed by atoms with E-state index in [1.807, 2.05) is 0 Å². The van der Waals surface area contributed by atoms with E-state index in [0.29, 0.717) is 5.56 Å². The number of hydrogen-bond donors (Lipinski definition) is 0. The number of benzene rings is 1. The zero-order valence-corrected chi connectivity index (χ0v) is 9.62. The Morgan fingerprint density at radius 2 is 2.12 bits per heavy atom. The average Bonchev–Trinajstić information content (AvgIpc) is 2.19. The van der Waals surface area contributed by atoms with Crippen molar-refractivity contribution in [2.24, 2.45) is 0 Å². The fourth-order valence-corrected chi connectivity index (χ4v) is 1.17. The molecule has 0 fully saturated rings. The molecule has 0 saturated carbocycles. The molecule has 4 heteroatoms. The van der Waals surface area contributed by atoms with E-state index in [1.54, 1.807) is 32.9 Å². The molecule has 0 aliphatic heterocycles. The predicted molar refractivity (Wildman–Crippen MR) is 57.9 cm³/mol. The van der Waals surface area contributed by atoms with Gasteiger partial charge < -0.3 is 9.47 Å². The second-order valence-corrected chi connectivity index (χ2v) is 3.71. The maximum Gasteiger partial charge on any atom is 0.344 e. The van der Waals surface area contributed by atoms with Crippen molar-refractivity contribution < 1.29 is 18.7 Å². The van der Waals surface area contributed by atoms with Crippen LogP contribution < -0.4 is 4.74 Å². The first-order valence-corrected chi connectivity index (χ1v) is 5.08. The Bertz CT molecular complexity index is 375. The SMILES string of the molecule is Cc1cccc(OCC(=O)OC(C)C)c1F. The van der Waals surface area contributed by atoms with Gasteiger partial charge in [0.15, 0.2) is 18.2 Å². The maximum atomic E-state index is 13.4. The van der Waals surface area contributed by atoms with Gasteiger partial charge in [0, 0.05) is 0 Å². The van der Waals surface area contributed by atoms with E-state index in [4.69, 9.17) is 9.47 Å². The molecule has 0 spiro atoms. The second kappa shape index (κ2) is 5.49. The van der Waals surface area contributed by atoms with Crippen molar-refractivity contribution >= 4 is 5.97 Å². The van der Waals surface area contributed by atoms with E-state index in [2.05, 4.69) is 0 Å². The van der Waals surface area contributed by atoms with Gasteiger partial charge in [0.2, 0.25) is 0 Å². The lowest BCUT2D eigenvalue weighted by Gasteiger charge is -2.10. The van der Waals surface area contributed by atoms with Crippen LogP contribution in [-0.4, -0.2) is 18.7 Å². The zero-order valence-electron chi connectivity index (χ0n) is 9.62. The zero-order chi connectivity index (χ0) is 12.1. The molecule has 88 valence electrons. The fourth-order valence-electron chi connectivity index (χ4n) is 1.17. The molecule has 3 nitrogen and oxygen atoms in total. The molecule has 0 atom stereocenters. The molecular formula is C12H15FO3. The van der Waals surface area contributed by atoms with Crippen LogP contribution in [0.3, 0.4) is 0 Å². The number of esters is 1. The minimum atomic E-state index is -0.504. The molecule has 0 aliphatic rings. The molecule has 0 N–H and O–H groups in total. The van der Waals surface area contributed by atoms with E-state index in [9.17, 15) is 9.18 Å². The lowest BCUT2D eigenvalue weighted by Crippen LogP contribution is -2.19. The van der Waals surface area contributed by atoms with E-state index in [1.165, 1.54) is 6.07 Å². The highest BCUT2D eigenvalue weighted by molar-refractivity contribution is 5.71. The van der Waals surface area contributed by atoms with Crippen molar-refractivity contribution in [1.29, 1.82) is 0 Å². The number of carbonyl (C=O) groups excluding carboxylic acids is 1. The van der Waals surface area contributed by atoms with Crippen molar-refractivity contribution in [3.63, 3.8) is 0 Å². The van der Waals surface area contributed by atoms with Crippen LogP contribution in [0.2, 0.25) is 0 Å². The summed E-state index contributed by atoms with van der Waals surface area (Å²) < 4.78 is 23.3. The van der Waals surface area contributed by atoms with Crippen LogP contribution >= 0.6 is 0 Å². The molecule has 1 aromatic carbocycles. The van der Waals surface area contributed by atoms with Crippen molar-refractivity contribution in [2.75, 3.05) is 6.61 Å². The molecule has 0 unspecified atom stereocenters. The highest BCUT2D eigenvalue weighted by Crippen LogP contribution is 2.19. The fraction of sp³-hybridized carbons (Fsp3) is 0.417. The number of carbonyl (C=O) groups is 1. The summed E-state index contributed by atoms with van der Waals surface area (Å²) in [6.07, 6.45) is -0.196. The van der Waals surface area contributed by atoms with Crippen LogP contribution in [0.5, 0.6) is 5.75 Å². The number of ether oxygens (including phenoxy) is 2. The number of hydrogen-bond acceptors (Lipinski definition) is 3. The molecule has 1 aromatic rings. The Morgan fingerprint density at radius 3 is 2.75 bits per heavy atom. The van der Waals surface area contributed by atoms with Gasteiger partial charge in [0.25, 0.3) is 0 Å². The normalized spacial score (nSPS) is 10.3. The Balaban J connectivity index is 2.55. The van der Waals surface area contributed by atoms with Gasteiger partial charge in [-0.2, -0.15) is 0 Å². The summed E-state index contributed by atoms with van der Waals surface area (Å²) in [5.74, 6) is -0.878. The third-order valence-electron chi connectivity index (χ3n) is 1.87. The Kier molecular flexibility index (Phi) is 4.28. The summed E-state index contributed by atoms with van der Waals surface area (Å²) in [5, 5.41) is 0. The summed E-state index contributed by atoms with van der Waals surface area (Å²) in [5.41, 5.74) is 0.481. The molecule has 0 radical (unpaired) electrons. The van der Waals surface area contributed by atoms with E-state index in [-0.39, 0.29) is 18.5 Å². The van der Waals surface area contributed by atoms with Gasteiger partial charge in [0.05, 0.1) is 6.10 Å². The molecule has 1 rings (SSSR count).